The van der Waals surface area contributed by atoms with Crippen molar-refractivity contribution < 1.29 is 13.2 Å². The highest BCUT2D eigenvalue weighted by Crippen LogP contribution is 2.50. The average molecular weight is 346 g/mol. The topological polar surface area (TPSA) is 30.7 Å². The van der Waals surface area contributed by atoms with Gasteiger partial charge in [0.15, 0.2) is 0 Å². The van der Waals surface area contributed by atoms with E-state index in [9.17, 15) is 13.2 Å². The van der Waals surface area contributed by atoms with Crippen molar-refractivity contribution in [1.82, 2.24) is 14.8 Å². The lowest BCUT2D eigenvalue weighted by Crippen LogP contribution is -2.45. The zero-order valence-electron chi connectivity index (χ0n) is 10.3. The molecule has 0 aliphatic heterocycles. The van der Waals surface area contributed by atoms with Crippen LogP contribution in [0.15, 0.2) is 35.1 Å². The first-order chi connectivity index (χ1) is 9.53. The zero-order chi connectivity index (χ0) is 14.3. The summed E-state index contributed by atoms with van der Waals surface area (Å²) in [4.78, 5) is 0. The molecule has 0 atom stereocenters. The second-order valence-electron chi connectivity index (χ2n) is 4.94. The third-order valence-electron chi connectivity index (χ3n) is 3.73. The monoisotopic (exact) mass is 345 g/mol. The van der Waals surface area contributed by atoms with Crippen LogP contribution >= 0.6 is 15.9 Å². The Hall–Kier alpha value is -1.37. The molecule has 7 heteroatoms. The largest absolute Gasteiger partial charge is 0.321 e. The normalized spacial score (nSPS) is 25.8. The molecule has 3 rings (SSSR count). The van der Waals surface area contributed by atoms with Gasteiger partial charge in [-0.3, -0.25) is 4.57 Å². The van der Waals surface area contributed by atoms with Crippen LogP contribution < -0.4 is 0 Å². The molecule has 0 saturated heterocycles. The number of alkyl halides is 3. The van der Waals surface area contributed by atoms with Gasteiger partial charge in [0.25, 0.3) is 0 Å². The van der Waals surface area contributed by atoms with Crippen molar-refractivity contribution in [3.8, 4) is 0 Å². The molecule has 1 heterocycles. The summed E-state index contributed by atoms with van der Waals surface area (Å²) >= 11 is 3.35. The maximum absolute atomic E-state index is 13.5. The van der Waals surface area contributed by atoms with E-state index in [0.29, 0.717) is 4.57 Å². The molecular formula is C13H11BrF3N3. The van der Waals surface area contributed by atoms with Crippen molar-refractivity contribution in [2.24, 2.45) is 0 Å². The van der Waals surface area contributed by atoms with E-state index in [-0.39, 0.29) is 18.7 Å². The van der Waals surface area contributed by atoms with Crippen LogP contribution in [-0.2, 0) is 5.41 Å². The van der Waals surface area contributed by atoms with E-state index in [2.05, 4.69) is 26.1 Å². The molecule has 0 radical (unpaired) electrons. The predicted molar refractivity (Wildman–Crippen MR) is 70.3 cm³/mol. The summed E-state index contributed by atoms with van der Waals surface area (Å²) in [5.41, 5.74) is -0.0495. The average Bonchev–Trinajstić information content (AvgIpc) is 2.84. The lowest BCUT2D eigenvalue weighted by molar-refractivity contribution is 0.0492. The van der Waals surface area contributed by atoms with E-state index >= 15 is 0 Å². The smallest absolute Gasteiger partial charge is 0.258 e. The highest BCUT2D eigenvalue weighted by Gasteiger charge is 2.51. The minimum absolute atomic E-state index is 0.125. The zero-order valence-corrected chi connectivity index (χ0v) is 11.9. The third kappa shape index (κ3) is 2.04. The van der Waals surface area contributed by atoms with Crippen LogP contribution in [-0.4, -0.2) is 20.9 Å². The Morgan fingerprint density at radius 2 is 2.10 bits per heavy atom. The minimum Gasteiger partial charge on any atom is -0.258 e. The molecule has 106 valence electrons. The SMILES string of the molecule is FC1CC(c2cccc(Br)c2)(c2nncn2C(F)F)C1. The molecule has 1 aliphatic rings. The molecule has 0 unspecified atom stereocenters. The van der Waals surface area contributed by atoms with Crippen LogP contribution in [0.5, 0.6) is 0 Å². The molecule has 1 aromatic carbocycles. The summed E-state index contributed by atoms with van der Waals surface area (Å²) in [6.07, 6.45) is 0.284. The van der Waals surface area contributed by atoms with Crippen LogP contribution in [0.1, 0.15) is 30.8 Å². The number of benzene rings is 1. The van der Waals surface area contributed by atoms with Crippen LogP contribution in [0.2, 0.25) is 0 Å². The van der Waals surface area contributed by atoms with Gasteiger partial charge in [0.1, 0.15) is 18.3 Å². The van der Waals surface area contributed by atoms with Crippen molar-refractivity contribution in [3.63, 3.8) is 0 Å². The highest BCUT2D eigenvalue weighted by atomic mass is 79.9. The van der Waals surface area contributed by atoms with Crippen molar-refractivity contribution in [3.05, 3.63) is 46.5 Å². The molecular weight excluding hydrogens is 335 g/mol. The summed E-state index contributed by atoms with van der Waals surface area (Å²) in [6, 6.07) is 7.26. The maximum Gasteiger partial charge on any atom is 0.321 e. The highest BCUT2D eigenvalue weighted by molar-refractivity contribution is 9.10. The van der Waals surface area contributed by atoms with Crippen LogP contribution in [0.4, 0.5) is 13.2 Å². The first-order valence-corrected chi connectivity index (χ1v) is 6.90. The Kier molecular flexibility index (Phi) is 3.32. The Morgan fingerprint density at radius 3 is 2.70 bits per heavy atom. The molecule has 2 aromatic rings. The molecule has 1 aromatic heterocycles. The number of halogens is 4. The first kappa shape index (κ1) is 13.6. The molecule has 0 spiro atoms. The van der Waals surface area contributed by atoms with Crippen LogP contribution in [0.3, 0.4) is 0 Å². The van der Waals surface area contributed by atoms with Crippen LogP contribution in [0.25, 0.3) is 0 Å². The predicted octanol–water partition coefficient (Wildman–Crippen LogP) is 3.85. The van der Waals surface area contributed by atoms with E-state index in [1.807, 2.05) is 12.1 Å². The Balaban J connectivity index is 2.11. The van der Waals surface area contributed by atoms with E-state index in [4.69, 9.17) is 0 Å². The molecule has 20 heavy (non-hydrogen) atoms. The number of rotatable bonds is 3. The Labute approximate surface area is 121 Å². The van der Waals surface area contributed by atoms with Crippen molar-refractivity contribution >= 4 is 15.9 Å². The fourth-order valence-electron chi connectivity index (χ4n) is 2.76. The molecule has 0 amide bonds. The third-order valence-corrected chi connectivity index (χ3v) is 4.22. The first-order valence-electron chi connectivity index (χ1n) is 6.11. The van der Waals surface area contributed by atoms with Gasteiger partial charge in [-0.25, -0.2) is 4.39 Å². The summed E-state index contributed by atoms with van der Waals surface area (Å²) in [5.74, 6) is 0.125. The molecule has 0 N–H and O–H groups in total. The maximum atomic E-state index is 13.5. The summed E-state index contributed by atoms with van der Waals surface area (Å²) < 4.78 is 41.0. The molecule has 3 nitrogen and oxygen atoms in total. The minimum atomic E-state index is -2.73. The van der Waals surface area contributed by atoms with Crippen LogP contribution in [0, 0.1) is 0 Å². The fraction of sp³-hybridized carbons (Fsp3) is 0.385. The van der Waals surface area contributed by atoms with Gasteiger partial charge in [-0.2, -0.15) is 8.78 Å². The van der Waals surface area contributed by atoms with E-state index < -0.39 is 18.1 Å². The van der Waals surface area contributed by atoms with Gasteiger partial charge in [-0.15, -0.1) is 10.2 Å². The molecule has 1 fully saturated rings. The summed E-state index contributed by atoms with van der Waals surface area (Å²) in [5, 5.41) is 7.39. The van der Waals surface area contributed by atoms with Crippen molar-refractivity contribution in [2.45, 2.75) is 31.0 Å². The Bertz CT molecular complexity index is 623. The summed E-state index contributed by atoms with van der Waals surface area (Å²) in [7, 11) is 0. The van der Waals surface area contributed by atoms with Gasteiger partial charge in [-0.05, 0) is 30.5 Å². The van der Waals surface area contributed by atoms with Gasteiger partial charge in [0.2, 0.25) is 0 Å². The lowest BCUT2D eigenvalue weighted by Gasteiger charge is -2.43. The number of nitrogens with zero attached hydrogens (tertiary/aromatic N) is 3. The van der Waals surface area contributed by atoms with E-state index in [1.54, 1.807) is 12.1 Å². The van der Waals surface area contributed by atoms with Gasteiger partial charge in [0.05, 0.1) is 5.41 Å². The number of aromatic nitrogens is 3. The molecule has 1 aliphatic carbocycles. The van der Waals surface area contributed by atoms with E-state index in [1.165, 1.54) is 0 Å². The van der Waals surface area contributed by atoms with Gasteiger partial charge in [-0.1, -0.05) is 28.1 Å². The van der Waals surface area contributed by atoms with Gasteiger partial charge < -0.3 is 0 Å². The second kappa shape index (κ2) is 4.87. The quantitative estimate of drug-likeness (QED) is 0.845. The summed E-state index contributed by atoms with van der Waals surface area (Å²) in [6.45, 7) is -2.73. The molecule has 0 bridgehead atoms. The standard InChI is InChI=1S/C13H11BrF3N3/c14-9-3-1-2-8(4-9)13(5-10(15)6-13)11-19-18-7-20(11)12(16)17/h1-4,7,10,12H,5-6H2. The molecule has 1 saturated carbocycles. The Morgan fingerprint density at radius 1 is 1.35 bits per heavy atom. The number of hydrogen-bond acceptors (Lipinski definition) is 2. The van der Waals surface area contributed by atoms with Gasteiger partial charge in [0, 0.05) is 4.47 Å². The number of hydrogen-bond donors (Lipinski definition) is 0. The van der Waals surface area contributed by atoms with E-state index in [0.717, 1.165) is 16.4 Å². The second-order valence-corrected chi connectivity index (χ2v) is 5.85. The lowest BCUT2D eigenvalue weighted by atomic mass is 9.62. The van der Waals surface area contributed by atoms with Crippen molar-refractivity contribution in [1.29, 1.82) is 0 Å². The van der Waals surface area contributed by atoms with Crippen molar-refractivity contribution in [2.75, 3.05) is 0 Å². The fourth-order valence-corrected chi connectivity index (χ4v) is 3.16. The van der Waals surface area contributed by atoms with Gasteiger partial charge >= 0.3 is 6.55 Å².